The third-order valence-corrected chi connectivity index (χ3v) is 1.70. The van der Waals surface area contributed by atoms with Gasteiger partial charge in [0.15, 0.2) is 0 Å². The molecule has 2 unspecified atom stereocenters. The molecule has 1 aromatic rings. The lowest BCUT2D eigenvalue weighted by molar-refractivity contribution is -0.702. The highest BCUT2D eigenvalue weighted by atomic mass is 16.3. The first kappa shape index (κ1) is 10.2. The van der Waals surface area contributed by atoms with Gasteiger partial charge >= 0.3 is 0 Å². The second-order valence-electron chi connectivity index (χ2n) is 3.51. The van der Waals surface area contributed by atoms with Crippen molar-refractivity contribution in [2.24, 2.45) is 0 Å². The van der Waals surface area contributed by atoms with E-state index in [0.29, 0.717) is 13.1 Å². The van der Waals surface area contributed by atoms with Gasteiger partial charge in [0.2, 0.25) is 6.33 Å². The van der Waals surface area contributed by atoms with E-state index in [4.69, 9.17) is 10.2 Å². The lowest BCUT2D eigenvalue weighted by Crippen LogP contribution is -2.36. The summed E-state index contributed by atoms with van der Waals surface area (Å²) >= 11 is 0. The Bertz CT molecular complexity index is 231. The summed E-state index contributed by atoms with van der Waals surface area (Å²) in [7, 11) is 0. The largest absolute Gasteiger partial charge is 0.389 e. The van der Waals surface area contributed by atoms with Crippen LogP contribution in [0.2, 0.25) is 0 Å². The number of rotatable bonds is 4. The summed E-state index contributed by atoms with van der Waals surface area (Å²) < 4.78 is 3.79. The summed E-state index contributed by atoms with van der Waals surface area (Å²) in [5.41, 5.74) is 0. The maximum atomic E-state index is 9.12. The average molecular weight is 185 g/mol. The van der Waals surface area contributed by atoms with Crippen LogP contribution in [0.25, 0.3) is 0 Å². The van der Waals surface area contributed by atoms with Gasteiger partial charge in [-0.05, 0) is 13.8 Å². The second-order valence-corrected chi connectivity index (χ2v) is 3.51. The van der Waals surface area contributed by atoms with Crippen LogP contribution < -0.4 is 4.57 Å². The number of nitrogens with zero attached hydrogens (tertiary/aromatic N) is 2. The van der Waals surface area contributed by atoms with E-state index in [1.165, 1.54) is 0 Å². The molecule has 0 aromatic carbocycles. The van der Waals surface area contributed by atoms with Crippen LogP contribution in [0.4, 0.5) is 0 Å². The highest BCUT2D eigenvalue weighted by Crippen LogP contribution is 1.90. The van der Waals surface area contributed by atoms with Crippen molar-refractivity contribution in [1.29, 1.82) is 0 Å². The van der Waals surface area contributed by atoms with Gasteiger partial charge < -0.3 is 10.2 Å². The summed E-state index contributed by atoms with van der Waals surface area (Å²) in [6.07, 6.45) is 4.96. The Kier molecular flexibility index (Phi) is 3.45. The summed E-state index contributed by atoms with van der Waals surface area (Å²) in [6, 6.07) is 0. The number of aromatic nitrogens is 2. The van der Waals surface area contributed by atoms with Gasteiger partial charge in [-0.15, -0.1) is 0 Å². The molecule has 2 N–H and O–H groups in total. The Labute approximate surface area is 78.1 Å². The Morgan fingerprint density at radius 3 is 2.54 bits per heavy atom. The molecule has 0 spiro atoms. The molecule has 0 bridgehead atoms. The van der Waals surface area contributed by atoms with Crippen molar-refractivity contribution < 1.29 is 14.8 Å². The van der Waals surface area contributed by atoms with Crippen LogP contribution in [0, 0.1) is 0 Å². The monoisotopic (exact) mass is 185 g/mol. The Hall–Kier alpha value is -0.870. The van der Waals surface area contributed by atoms with Crippen LogP contribution in [0.5, 0.6) is 0 Å². The van der Waals surface area contributed by atoms with Crippen LogP contribution in [0.15, 0.2) is 18.7 Å². The molecule has 1 rings (SSSR count). The van der Waals surface area contributed by atoms with Gasteiger partial charge in [0.05, 0.1) is 12.2 Å². The Morgan fingerprint density at radius 2 is 2.00 bits per heavy atom. The molecule has 4 nitrogen and oxygen atoms in total. The Morgan fingerprint density at radius 1 is 1.31 bits per heavy atom. The van der Waals surface area contributed by atoms with Crippen LogP contribution in [-0.2, 0) is 13.1 Å². The Balaban J connectivity index is 2.53. The number of hydrogen-bond donors (Lipinski definition) is 2. The van der Waals surface area contributed by atoms with E-state index in [-0.39, 0.29) is 12.2 Å². The molecule has 0 amide bonds. The molecule has 4 heteroatoms. The molecule has 0 radical (unpaired) electrons. The standard InChI is InChI=1S/C9H17N2O2/c1-8(12)5-10-3-4-11(7-10)6-9(2)13/h3-4,7-9,12-13H,5-6H2,1-2H3/q+1. The molecular formula is C9H17N2O2+. The van der Waals surface area contributed by atoms with Crippen LogP contribution in [-0.4, -0.2) is 27.0 Å². The van der Waals surface area contributed by atoms with E-state index in [0.717, 1.165) is 0 Å². The molecule has 0 aliphatic carbocycles. The van der Waals surface area contributed by atoms with Crippen molar-refractivity contribution in [2.75, 3.05) is 0 Å². The van der Waals surface area contributed by atoms with E-state index in [1.54, 1.807) is 13.8 Å². The maximum Gasteiger partial charge on any atom is 0.243 e. The fourth-order valence-corrected chi connectivity index (χ4v) is 1.26. The third kappa shape index (κ3) is 3.57. The fourth-order valence-electron chi connectivity index (χ4n) is 1.26. The zero-order valence-electron chi connectivity index (χ0n) is 8.09. The van der Waals surface area contributed by atoms with Gasteiger partial charge in [-0.25, -0.2) is 9.13 Å². The summed E-state index contributed by atoms with van der Waals surface area (Å²) in [6.45, 7) is 4.68. The first-order chi connectivity index (χ1) is 6.08. The minimum Gasteiger partial charge on any atom is -0.389 e. The van der Waals surface area contributed by atoms with E-state index >= 15 is 0 Å². The second kappa shape index (κ2) is 4.39. The van der Waals surface area contributed by atoms with Crippen LogP contribution >= 0.6 is 0 Å². The molecule has 1 aromatic heterocycles. The van der Waals surface area contributed by atoms with Gasteiger partial charge in [-0.1, -0.05) is 0 Å². The first-order valence-corrected chi connectivity index (χ1v) is 4.49. The molecule has 13 heavy (non-hydrogen) atoms. The molecule has 0 aliphatic rings. The average Bonchev–Trinajstić information content (AvgIpc) is 2.33. The van der Waals surface area contributed by atoms with Crippen molar-refractivity contribution >= 4 is 0 Å². The van der Waals surface area contributed by atoms with Gasteiger partial charge in [0.25, 0.3) is 0 Å². The molecular weight excluding hydrogens is 168 g/mol. The SMILES string of the molecule is CC(O)Cn1cc[n+](CC(C)O)c1. The molecule has 0 saturated carbocycles. The minimum atomic E-state index is -0.340. The van der Waals surface area contributed by atoms with Crippen molar-refractivity contribution in [1.82, 2.24) is 4.57 Å². The quantitative estimate of drug-likeness (QED) is 0.623. The van der Waals surface area contributed by atoms with Gasteiger partial charge in [0, 0.05) is 0 Å². The molecule has 0 saturated heterocycles. The minimum absolute atomic E-state index is 0.340. The van der Waals surface area contributed by atoms with Gasteiger partial charge in [-0.2, -0.15) is 0 Å². The maximum absolute atomic E-state index is 9.12. The highest BCUT2D eigenvalue weighted by Gasteiger charge is 2.07. The first-order valence-electron chi connectivity index (χ1n) is 4.49. The van der Waals surface area contributed by atoms with Crippen molar-refractivity contribution in [2.45, 2.75) is 39.1 Å². The fraction of sp³-hybridized carbons (Fsp3) is 0.667. The zero-order chi connectivity index (χ0) is 9.84. The number of hydrogen-bond acceptors (Lipinski definition) is 2. The summed E-state index contributed by atoms with van der Waals surface area (Å²) in [5.74, 6) is 0. The molecule has 0 fully saturated rings. The molecule has 2 atom stereocenters. The zero-order valence-corrected chi connectivity index (χ0v) is 8.09. The summed E-state index contributed by atoms with van der Waals surface area (Å²) in [4.78, 5) is 0. The normalized spacial score (nSPS) is 15.7. The van der Waals surface area contributed by atoms with E-state index in [9.17, 15) is 0 Å². The topological polar surface area (TPSA) is 49.3 Å². The third-order valence-electron chi connectivity index (χ3n) is 1.70. The lowest BCUT2D eigenvalue weighted by Gasteiger charge is -2.00. The van der Waals surface area contributed by atoms with E-state index < -0.39 is 0 Å². The van der Waals surface area contributed by atoms with Gasteiger partial charge in [-0.3, -0.25) is 0 Å². The number of aliphatic hydroxyl groups excluding tert-OH is 2. The van der Waals surface area contributed by atoms with Gasteiger partial charge in [0.1, 0.15) is 25.5 Å². The predicted octanol–water partition coefficient (Wildman–Crippen LogP) is -0.463. The van der Waals surface area contributed by atoms with Crippen molar-refractivity contribution in [3.8, 4) is 0 Å². The van der Waals surface area contributed by atoms with Crippen LogP contribution in [0.1, 0.15) is 13.8 Å². The van der Waals surface area contributed by atoms with Crippen LogP contribution in [0.3, 0.4) is 0 Å². The van der Waals surface area contributed by atoms with E-state index in [2.05, 4.69) is 0 Å². The van der Waals surface area contributed by atoms with Crippen molar-refractivity contribution in [3.05, 3.63) is 18.7 Å². The molecule has 74 valence electrons. The van der Waals surface area contributed by atoms with E-state index in [1.807, 2.05) is 27.9 Å². The highest BCUT2D eigenvalue weighted by molar-refractivity contribution is 4.67. The molecule has 1 heterocycles. The predicted molar refractivity (Wildman–Crippen MR) is 48.0 cm³/mol. The van der Waals surface area contributed by atoms with Crippen molar-refractivity contribution in [3.63, 3.8) is 0 Å². The lowest BCUT2D eigenvalue weighted by atomic mass is 10.4. The number of aliphatic hydroxyl groups is 2. The smallest absolute Gasteiger partial charge is 0.243 e. The summed E-state index contributed by atoms with van der Waals surface area (Å²) in [5, 5.41) is 18.2. The molecule has 0 aliphatic heterocycles. The number of imidazole rings is 1.